The zero-order valence-corrected chi connectivity index (χ0v) is 11.4. The number of hydrogen-bond donors (Lipinski definition) is 3. The quantitative estimate of drug-likeness (QED) is 0.443. The molecule has 0 fully saturated rings. The fraction of sp³-hybridized carbons (Fsp3) is 0. The van der Waals surface area contributed by atoms with Gasteiger partial charge in [-0.1, -0.05) is 15.9 Å². The summed E-state index contributed by atoms with van der Waals surface area (Å²) in [6.07, 6.45) is 1.07. The molecule has 0 unspecified atom stereocenters. The molecule has 1 aromatic carbocycles. The SMILES string of the molecule is NNc1ncnc(Nc2ccc(Br)cc2F)c1[N+](=O)[O-]. The minimum Gasteiger partial charge on any atom is -0.332 e. The van der Waals surface area contributed by atoms with Gasteiger partial charge in [0, 0.05) is 4.47 Å². The molecule has 20 heavy (non-hydrogen) atoms. The average Bonchev–Trinajstić information content (AvgIpc) is 2.41. The Balaban J connectivity index is 2.45. The molecule has 8 nitrogen and oxygen atoms in total. The zero-order valence-electron chi connectivity index (χ0n) is 9.80. The summed E-state index contributed by atoms with van der Waals surface area (Å²) < 4.78 is 14.2. The molecule has 0 spiro atoms. The van der Waals surface area contributed by atoms with Gasteiger partial charge in [0.2, 0.25) is 11.6 Å². The van der Waals surface area contributed by atoms with Crippen LogP contribution in [0.15, 0.2) is 29.0 Å². The average molecular weight is 343 g/mol. The summed E-state index contributed by atoms with van der Waals surface area (Å²) in [5, 5.41) is 13.6. The Kier molecular flexibility index (Phi) is 4.05. The smallest absolute Gasteiger partial charge is 0.332 e. The van der Waals surface area contributed by atoms with E-state index in [0.29, 0.717) is 4.47 Å². The number of hydrogen-bond acceptors (Lipinski definition) is 7. The highest BCUT2D eigenvalue weighted by Crippen LogP contribution is 2.31. The number of benzene rings is 1. The largest absolute Gasteiger partial charge is 0.354 e. The number of hydrazine groups is 1. The molecular weight excluding hydrogens is 335 g/mol. The number of nitrogen functional groups attached to an aromatic ring is 1. The lowest BCUT2D eigenvalue weighted by Gasteiger charge is -2.09. The molecule has 0 aliphatic heterocycles. The van der Waals surface area contributed by atoms with Crippen LogP contribution in [0, 0.1) is 15.9 Å². The van der Waals surface area contributed by atoms with Crippen LogP contribution in [-0.4, -0.2) is 14.9 Å². The highest BCUT2D eigenvalue weighted by Gasteiger charge is 2.23. The van der Waals surface area contributed by atoms with Crippen LogP contribution in [-0.2, 0) is 0 Å². The molecule has 0 radical (unpaired) electrons. The molecule has 1 heterocycles. The third-order valence-corrected chi connectivity index (χ3v) is 2.82. The minimum absolute atomic E-state index is 0.0398. The summed E-state index contributed by atoms with van der Waals surface area (Å²) in [6, 6.07) is 4.22. The lowest BCUT2D eigenvalue weighted by atomic mass is 10.3. The maximum absolute atomic E-state index is 13.7. The Morgan fingerprint density at radius 3 is 2.65 bits per heavy atom. The molecule has 0 atom stereocenters. The number of nitrogens with one attached hydrogen (secondary N) is 2. The first-order valence-electron chi connectivity index (χ1n) is 5.21. The van der Waals surface area contributed by atoms with Crippen LogP contribution in [0.5, 0.6) is 0 Å². The molecule has 0 aliphatic carbocycles. The van der Waals surface area contributed by atoms with Gasteiger partial charge in [-0.3, -0.25) is 10.1 Å². The van der Waals surface area contributed by atoms with Crippen LogP contribution >= 0.6 is 15.9 Å². The van der Waals surface area contributed by atoms with E-state index in [2.05, 4.69) is 36.6 Å². The third-order valence-electron chi connectivity index (χ3n) is 2.33. The van der Waals surface area contributed by atoms with Crippen molar-refractivity contribution in [3.05, 3.63) is 44.9 Å². The standard InChI is InChI=1S/C10H8BrFN6O2/c11-5-1-2-7(6(12)3-5)16-9-8(18(19)20)10(17-13)15-4-14-9/h1-4H,13H2,(H2,14,15,16,17). The molecule has 4 N–H and O–H groups in total. The van der Waals surface area contributed by atoms with Crippen LogP contribution in [0.3, 0.4) is 0 Å². The molecule has 104 valence electrons. The fourth-order valence-corrected chi connectivity index (χ4v) is 1.80. The molecule has 0 amide bonds. The van der Waals surface area contributed by atoms with E-state index in [1.165, 1.54) is 12.1 Å². The van der Waals surface area contributed by atoms with E-state index in [0.717, 1.165) is 6.33 Å². The highest BCUT2D eigenvalue weighted by atomic mass is 79.9. The molecule has 1 aromatic heterocycles. The molecule has 0 saturated carbocycles. The van der Waals surface area contributed by atoms with E-state index < -0.39 is 16.4 Å². The van der Waals surface area contributed by atoms with Crippen LogP contribution in [0.2, 0.25) is 0 Å². The van der Waals surface area contributed by atoms with E-state index in [4.69, 9.17) is 5.84 Å². The van der Waals surface area contributed by atoms with Crippen molar-refractivity contribution >= 4 is 38.9 Å². The molecule has 0 saturated heterocycles. The fourth-order valence-electron chi connectivity index (χ4n) is 1.47. The van der Waals surface area contributed by atoms with E-state index in [1.807, 2.05) is 0 Å². The summed E-state index contributed by atoms with van der Waals surface area (Å²) in [4.78, 5) is 17.7. The number of aromatic nitrogens is 2. The van der Waals surface area contributed by atoms with Crippen LogP contribution < -0.4 is 16.6 Å². The van der Waals surface area contributed by atoms with Crippen molar-refractivity contribution < 1.29 is 9.31 Å². The number of nitrogens with two attached hydrogens (primary N) is 1. The van der Waals surface area contributed by atoms with Crippen molar-refractivity contribution in [1.29, 1.82) is 0 Å². The Labute approximate surface area is 120 Å². The van der Waals surface area contributed by atoms with Crippen molar-refractivity contribution in [2.45, 2.75) is 0 Å². The lowest BCUT2D eigenvalue weighted by molar-refractivity contribution is -0.383. The first-order chi connectivity index (χ1) is 9.52. The number of nitrogens with zero attached hydrogens (tertiary/aromatic N) is 3. The monoisotopic (exact) mass is 342 g/mol. The summed E-state index contributed by atoms with van der Waals surface area (Å²) in [7, 11) is 0. The van der Waals surface area contributed by atoms with Gasteiger partial charge in [0.1, 0.15) is 12.1 Å². The second-order valence-electron chi connectivity index (χ2n) is 3.57. The predicted molar refractivity (Wildman–Crippen MR) is 73.9 cm³/mol. The van der Waals surface area contributed by atoms with E-state index >= 15 is 0 Å². The molecular formula is C10H8BrFN6O2. The molecule has 2 aromatic rings. The van der Waals surface area contributed by atoms with Crippen molar-refractivity contribution in [3.63, 3.8) is 0 Å². The number of halogens is 2. The minimum atomic E-state index is -0.714. The van der Waals surface area contributed by atoms with Crippen molar-refractivity contribution in [2.24, 2.45) is 5.84 Å². The zero-order chi connectivity index (χ0) is 14.7. The molecule has 0 bridgehead atoms. The molecule has 0 aliphatic rings. The summed E-state index contributed by atoms with van der Waals surface area (Å²) in [6.45, 7) is 0. The second kappa shape index (κ2) is 5.75. The van der Waals surface area contributed by atoms with Gasteiger partial charge in [-0.15, -0.1) is 0 Å². The van der Waals surface area contributed by atoms with Gasteiger partial charge in [-0.05, 0) is 18.2 Å². The maximum Gasteiger partial charge on any atom is 0.354 e. The van der Waals surface area contributed by atoms with Gasteiger partial charge in [0.15, 0.2) is 0 Å². The van der Waals surface area contributed by atoms with E-state index in [-0.39, 0.29) is 17.3 Å². The second-order valence-corrected chi connectivity index (χ2v) is 4.49. The van der Waals surface area contributed by atoms with Gasteiger partial charge in [-0.25, -0.2) is 20.2 Å². The van der Waals surface area contributed by atoms with Gasteiger partial charge >= 0.3 is 5.69 Å². The van der Waals surface area contributed by atoms with Gasteiger partial charge in [-0.2, -0.15) is 0 Å². The lowest BCUT2D eigenvalue weighted by Crippen LogP contribution is -2.13. The normalized spacial score (nSPS) is 10.2. The topological polar surface area (TPSA) is 119 Å². The highest BCUT2D eigenvalue weighted by molar-refractivity contribution is 9.10. The van der Waals surface area contributed by atoms with Gasteiger partial charge in [0.05, 0.1) is 10.6 Å². The summed E-state index contributed by atoms with van der Waals surface area (Å²) in [5.74, 6) is 4.22. The Hall–Kier alpha value is -2.33. The van der Waals surface area contributed by atoms with Crippen LogP contribution in [0.25, 0.3) is 0 Å². The Morgan fingerprint density at radius 1 is 1.35 bits per heavy atom. The number of nitro groups is 1. The number of anilines is 3. The predicted octanol–water partition coefficient (Wildman–Crippen LogP) is 2.32. The van der Waals surface area contributed by atoms with E-state index in [9.17, 15) is 14.5 Å². The van der Waals surface area contributed by atoms with E-state index in [1.54, 1.807) is 6.07 Å². The first-order valence-corrected chi connectivity index (χ1v) is 6.00. The Morgan fingerprint density at radius 2 is 2.05 bits per heavy atom. The summed E-state index contributed by atoms with van der Waals surface area (Å²) in [5.41, 5.74) is 1.66. The van der Waals surface area contributed by atoms with Gasteiger partial charge < -0.3 is 10.7 Å². The molecule has 2 rings (SSSR count). The van der Waals surface area contributed by atoms with Crippen molar-refractivity contribution in [3.8, 4) is 0 Å². The molecule has 10 heteroatoms. The van der Waals surface area contributed by atoms with Crippen LogP contribution in [0.1, 0.15) is 0 Å². The van der Waals surface area contributed by atoms with Crippen molar-refractivity contribution in [2.75, 3.05) is 10.7 Å². The van der Waals surface area contributed by atoms with Crippen LogP contribution in [0.4, 0.5) is 27.4 Å². The maximum atomic E-state index is 13.7. The number of rotatable bonds is 4. The van der Waals surface area contributed by atoms with Gasteiger partial charge in [0.25, 0.3) is 0 Å². The third kappa shape index (κ3) is 2.81. The summed E-state index contributed by atoms with van der Waals surface area (Å²) >= 11 is 3.11. The van der Waals surface area contributed by atoms with Crippen molar-refractivity contribution in [1.82, 2.24) is 9.97 Å². The Bertz CT molecular complexity index is 668. The first kappa shape index (κ1) is 14.1.